The number of halogens is 1. The molecular weight excluding hydrogens is 454 g/mol. The fraction of sp³-hybridized carbons (Fsp3) is 0.480. The van der Waals surface area contributed by atoms with Crippen molar-refractivity contribution in [3.8, 4) is 17.3 Å². The Morgan fingerprint density at radius 3 is 2.62 bits per heavy atom. The Bertz CT molecular complexity index is 1140. The molecule has 0 atom stereocenters. The highest BCUT2D eigenvalue weighted by Crippen LogP contribution is 2.32. The number of morpholine rings is 1. The van der Waals surface area contributed by atoms with Gasteiger partial charge in [0, 0.05) is 37.8 Å². The molecule has 2 N–H and O–H groups in total. The quantitative estimate of drug-likeness (QED) is 0.546. The first-order valence-corrected chi connectivity index (χ1v) is 12.3. The second-order valence-corrected chi connectivity index (χ2v) is 9.48. The van der Waals surface area contributed by atoms with Crippen LogP contribution in [0.15, 0.2) is 30.3 Å². The first-order valence-electron chi connectivity index (χ1n) is 12.0. The Labute approximate surface area is 204 Å². The number of nitrogens with zero attached hydrogens (tertiary/aromatic N) is 3. The number of benzene rings is 1. The molecule has 0 unspecified atom stereocenters. The van der Waals surface area contributed by atoms with Gasteiger partial charge in [0.05, 0.1) is 29.4 Å². The fourth-order valence-corrected chi connectivity index (χ4v) is 4.97. The first kappa shape index (κ1) is 22.9. The van der Waals surface area contributed by atoms with Crippen LogP contribution >= 0.6 is 11.6 Å². The van der Waals surface area contributed by atoms with Crippen molar-refractivity contribution in [1.29, 1.82) is 0 Å². The summed E-state index contributed by atoms with van der Waals surface area (Å²) in [6.45, 7) is 5.62. The standard InChI is InChI=1S/C25H30ClN5O3/c1-16(32)27-15-17-2-8-20(9-3-17)34-25-28-22-14-21(26)23(29-24(22)30-25)18-4-6-19(7-5-18)31-10-12-33-13-11-31/h4-7,14,17,20H,2-3,8-13,15H2,1H3,(H,27,32)(H,28,29,30)/t17-,20-. The zero-order valence-electron chi connectivity index (χ0n) is 19.3. The molecule has 2 fully saturated rings. The van der Waals surface area contributed by atoms with E-state index in [1.807, 2.05) is 18.2 Å². The normalized spacial score (nSPS) is 20.9. The predicted octanol–water partition coefficient (Wildman–Crippen LogP) is 4.19. The van der Waals surface area contributed by atoms with Gasteiger partial charge < -0.3 is 24.7 Å². The van der Waals surface area contributed by atoms with Gasteiger partial charge in [-0.1, -0.05) is 23.7 Å². The van der Waals surface area contributed by atoms with Crippen molar-refractivity contribution in [3.63, 3.8) is 0 Å². The highest BCUT2D eigenvalue weighted by molar-refractivity contribution is 6.33. The molecule has 1 aromatic carbocycles. The van der Waals surface area contributed by atoms with Gasteiger partial charge in [-0.15, -0.1) is 0 Å². The molecule has 0 radical (unpaired) electrons. The maximum atomic E-state index is 11.1. The summed E-state index contributed by atoms with van der Waals surface area (Å²) in [6, 6.07) is 10.6. The van der Waals surface area contributed by atoms with Gasteiger partial charge in [0.2, 0.25) is 5.91 Å². The average molecular weight is 484 g/mol. The summed E-state index contributed by atoms with van der Waals surface area (Å²) in [5, 5.41) is 3.48. The smallest absolute Gasteiger partial charge is 0.296 e. The van der Waals surface area contributed by atoms with E-state index in [0.29, 0.717) is 28.3 Å². The van der Waals surface area contributed by atoms with Gasteiger partial charge >= 0.3 is 0 Å². The molecule has 0 bridgehead atoms. The molecule has 3 aromatic rings. The minimum Gasteiger partial charge on any atom is -0.461 e. The molecule has 8 nitrogen and oxygen atoms in total. The van der Waals surface area contributed by atoms with E-state index in [1.54, 1.807) is 6.92 Å². The van der Waals surface area contributed by atoms with Gasteiger partial charge in [0.1, 0.15) is 6.10 Å². The van der Waals surface area contributed by atoms with Crippen LogP contribution in [-0.2, 0) is 9.53 Å². The molecule has 34 heavy (non-hydrogen) atoms. The lowest BCUT2D eigenvalue weighted by Crippen LogP contribution is -2.36. The van der Waals surface area contributed by atoms with E-state index in [-0.39, 0.29) is 12.0 Å². The van der Waals surface area contributed by atoms with Crippen molar-refractivity contribution in [2.75, 3.05) is 37.7 Å². The SMILES string of the molecule is CC(=O)NC[C@H]1CC[C@H](Oc2nc3nc(-c4ccc(N5CCOCC5)cc4)c(Cl)cc3[nH]2)CC1. The maximum absolute atomic E-state index is 11.1. The number of amides is 1. The molecule has 1 saturated heterocycles. The summed E-state index contributed by atoms with van der Waals surface area (Å²) < 4.78 is 11.6. The number of H-pyrrole nitrogens is 1. The highest BCUT2D eigenvalue weighted by atomic mass is 35.5. The van der Waals surface area contributed by atoms with Gasteiger partial charge in [-0.25, -0.2) is 4.98 Å². The van der Waals surface area contributed by atoms with Crippen LogP contribution in [0.5, 0.6) is 6.01 Å². The van der Waals surface area contributed by atoms with Crippen LogP contribution in [0.3, 0.4) is 0 Å². The second-order valence-electron chi connectivity index (χ2n) is 9.08. The average Bonchev–Trinajstić information content (AvgIpc) is 3.24. The number of imidazole rings is 1. The monoisotopic (exact) mass is 483 g/mol. The highest BCUT2D eigenvalue weighted by Gasteiger charge is 2.24. The third kappa shape index (κ3) is 5.28. The van der Waals surface area contributed by atoms with Gasteiger partial charge in [0.15, 0.2) is 5.65 Å². The Morgan fingerprint density at radius 1 is 1.18 bits per heavy atom. The molecule has 180 valence electrons. The molecule has 2 aromatic heterocycles. The lowest BCUT2D eigenvalue weighted by molar-refractivity contribution is -0.119. The summed E-state index contributed by atoms with van der Waals surface area (Å²) in [6.07, 6.45) is 4.04. The van der Waals surface area contributed by atoms with E-state index in [9.17, 15) is 4.79 Å². The predicted molar refractivity (Wildman–Crippen MR) is 132 cm³/mol. The Kier molecular flexibility index (Phi) is 6.87. The zero-order chi connectivity index (χ0) is 23.5. The molecule has 0 spiro atoms. The van der Waals surface area contributed by atoms with Crippen LogP contribution in [-0.4, -0.2) is 59.8 Å². The number of carbonyl (C=O) groups excluding carboxylic acids is 1. The van der Waals surface area contributed by atoms with Crippen molar-refractivity contribution < 1.29 is 14.3 Å². The molecule has 1 aliphatic heterocycles. The topological polar surface area (TPSA) is 92.4 Å². The van der Waals surface area contributed by atoms with Crippen molar-refractivity contribution >= 4 is 34.4 Å². The summed E-state index contributed by atoms with van der Waals surface area (Å²) in [4.78, 5) is 26.0. The number of nitrogens with one attached hydrogen (secondary N) is 2. The first-order chi connectivity index (χ1) is 16.5. The number of aromatic nitrogens is 3. The van der Waals surface area contributed by atoms with E-state index in [4.69, 9.17) is 26.1 Å². The van der Waals surface area contributed by atoms with Crippen molar-refractivity contribution in [3.05, 3.63) is 35.4 Å². The van der Waals surface area contributed by atoms with Crippen LogP contribution in [0.1, 0.15) is 32.6 Å². The lowest BCUT2D eigenvalue weighted by atomic mass is 9.87. The maximum Gasteiger partial charge on any atom is 0.296 e. The number of fused-ring (bicyclic) bond motifs is 1. The zero-order valence-corrected chi connectivity index (χ0v) is 20.1. The Balaban J connectivity index is 1.25. The third-order valence-corrected chi connectivity index (χ3v) is 6.92. The van der Waals surface area contributed by atoms with Gasteiger partial charge in [0.25, 0.3) is 6.01 Å². The largest absolute Gasteiger partial charge is 0.461 e. The number of anilines is 1. The van der Waals surface area contributed by atoms with Crippen LogP contribution in [0.25, 0.3) is 22.4 Å². The van der Waals surface area contributed by atoms with Gasteiger partial charge in [-0.05, 0) is 49.8 Å². The molecule has 1 amide bonds. The van der Waals surface area contributed by atoms with Crippen LogP contribution in [0, 0.1) is 5.92 Å². The Morgan fingerprint density at radius 2 is 1.91 bits per heavy atom. The van der Waals surface area contributed by atoms with Crippen LogP contribution in [0.4, 0.5) is 5.69 Å². The van der Waals surface area contributed by atoms with E-state index in [2.05, 4.69) is 32.3 Å². The molecular formula is C25H30ClN5O3. The number of hydrogen-bond acceptors (Lipinski definition) is 6. The van der Waals surface area contributed by atoms with Crippen molar-refractivity contribution in [1.82, 2.24) is 20.3 Å². The van der Waals surface area contributed by atoms with Gasteiger partial charge in [-0.3, -0.25) is 4.79 Å². The number of carbonyl (C=O) groups is 1. The fourth-order valence-electron chi connectivity index (χ4n) is 4.71. The summed E-state index contributed by atoms with van der Waals surface area (Å²) in [5.74, 6) is 0.538. The lowest BCUT2D eigenvalue weighted by Gasteiger charge is -2.28. The van der Waals surface area contributed by atoms with Crippen molar-refractivity contribution in [2.45, 2.75) is 38.7 Å². The number of aromatic amines is 1. The second kappa shape index (κ2) is 10.2. The number of pyridine rings is 1. The molecule has 1 saturated carbocycles. The van der Waals surface area contributed by atoms with E-state index in [0.717, 1.165) is 69.6 Å². The summed E-state index contributed by atoms with van der Waals surface area (Å²) >= 11 is 6.59. The number of rotatable bonds is 6. The van der Waals surface area contributed by atoms with Crippen LogP contribution in [0.2, 0.25) is 5.02 Å². The number of hydrogen-bond donors (Lipinski definition) is 2. The van der Waals surface area contributed by atoms with Crippen molar-refractivity contribution in [2.24, 2.45) is 5.92 Å². The van der Waals surface area contributed by atoms with E-state index in [1.165, 1.54) is 5.69 Å². The molecule has 3 heterocycles. The summed E-state index contributed by atoms with van der Waals surface area (Å²) in [5.41, 5.74) is 4.18. The minimum absolute atomic E-state index is 0.0271. The van der Waals surface area contributed by atoms with Gasteiger partial charge in [-0.2, -0.15) is 4.98 Å². The van der Waals surface area contributed by atoms with E-state index < -0.39 is 0 Å². The molecule has 2 aliphatic rings. The van der Waals surface area contributed by atoms with E-state index >= 15 is 0 Å². The Hall–Kier alpha value is -2.84. The van der Waals surface area contributed by atoms with Crippen LogP contribution < -0.4 is 15.0 Å². The molecule has 1 aliphatic carbocycles. The summed E-state index contributed by atoms with van der Waals surface area (Å²) in [7, 11) is 0. The molecule has 5 rings (SSSR count). The minimum atomic E-state index is 0.0271. The number of ether oxygens (including phenoxy) is 2. The molecule has 9 heteroatoms. The third-order valence-electron chi connectivity index (χ3n) is 6.63.